The molecule has 2 fully saturated rings. The van der Waals surface area contributed by atoms with E-state index in [0.717, 1.165) is 36.3 Å². The molecule has 1 saturated carbocycles. The van der Waals surface area contributed by atoms with Crippen LogP contribution in [0.25, 0.3) is 10.6 Å². The van der Waals surface area contributed by atoms with Gasteiger partial charge in [-0.1, -0.05) is 6.07 Å². The fourth-order valence-corrected chi connectivity index (χ4v) is 5.86. The molecule has 3 aromatic rings. The zero-order valence-corrected chi connectivity index (χ0v) is 21.8. The molecule has 0 radical (unpaired) electrons. The second-order valence-electron chi connectivity index (χ2n) is 9.94. The summed E-state index contributed by atoms with van der Waals surface area (Å²) in [5, 5.41) is 7.35. The fraction of sp³-hybridized carbons (Fsp3) is 0.462. The van der Waals surface area contributed by atoms with Crippen LogP contribution < -0.4 is 10.2 Å². The Morgan fingerprint density at radius 2 is 1.82 bits per heavy atom. The molecule has 2 aromatic heterocycles. The molecule has 13 heteroatoms. The van der Waals surface area contributed by atoms with Gasteiger partial charge >= 0.3 is 6.18 Å². The number of amides is 1. The molecule has 1 N–H and O–H groups in total. The first kappa shape index (κ1) is 27.2. The van der Waals surface area contributed by atoms with Crippen molar-refractivity contribution in [1.29, 1.82) is 0 Å². The molecule has 0 bridgehead atoms. The zero-order valence-electron chi connectivity index (χ0n) is 21.0. The van der Waals surface area contributed by atoms with Gasteiger partial charge in [0.15, 0.2) is 5.82 Å². The highest BCUT2D eigenvalue weighted by molar-refractivity contribution is 7.15. The van der Waals surface area contributed by atoms with Crippen LogP contribution in [-0.2, 0) is 4.79 Å². The molecule has 0 unspecified atom stereocenters. The van der Waals surface area contributed by atoms with E-state index in [-0.39, 0.29) is 28.2 Å². The number of hydrogen-bond acceptors (Lipinski definition) is 6. The monoisotopic (exact) mass is 567 g/mol. The maximum absolute atomic E-state index is 14.3. The summed E-state index contributed by atoms with van der Waals surface area (Å²) in [6, 6.07) is 3.66. The van der Waals surface area contributed by atoms with Crippen molar-refractivity contribution in [2.75, 3.05) is 23.3 Å². The predicted octanol–water partition coefficient (Wildman–Crippen LogP) is 6.31. The Hall–Kier alpha value is -3.35. The molecule has 2 aliphatic rings. The number of rotatable bonds is 7. The summed E-state index contributed by atoms with van der Waals surface area (Å²) in [7, 11) is 0. The SMILES string of the molecule is Cc1sc(-c2c(F)cccc2F)nc1C(=O)Nc1cnn(C2CC2)c1N1CCC[C@@H](CC(=O)C(F)(F)F)CC1. The van der Waals surface area contributed by atoms with Crippen molar-refractivity contribution >= 4 is 34.5 Å². The number of ketones is 1. The van der Waals surface area contributed by atoms with Crippen LogP contribution in [0.15, 0.2) is 24.4 Å². The maximum Gasteiger partial charge on any atom is 0.449 e. The Bertz CT molecular complexity index is 1380. The van der Waals surface area contributed by atoms with Gasteiger partial charge in [-0.15, -0.1) is 11.3 Å². The van der Waals surface area contributed by atoms with E-state index in [1.54, 1.807) is 6.92 Å². The van der Waals surface area contributed by atoms with Crippen molar-refractivity contribution in [1.82, 2.24) is 14.8 Å². The minimum Gasteiger partial charge on any atom is -0.355 e. The number of carbonyl (C=O) groups excluding carboxylic acids is 2. The number of thiazole rings is 1. The normalized spacial score (nSPS) is 18.2. The second kappa shape index (κ2) is 10.7. The van der Waals surface area contributed by atoms with Crippen molar-refractivity contribution in [3.05, 3.63) is 46.6 Å². The van der Waals surface area contributed by atoms with Gasteiger partial charge in [0.1, 0.15) is 28.0 Å². The maximum atomic E-state index is 14.3. The topological polar surface area (TPSA) is 80.1 Å². The van der Waals surface area contributed by atoms with Crippen molar-refractivity contribution in [2.24, 2.45) is 5.92 Å². The number of carbonyl (C=O) groups is 2. The molecular weight excluding hydrogens is 541 g/mol. The van der Waals surface area contributed by atoms with Gasteiger partial charge in [0.05, 0.1) is 17.8 Å². The van der Waals surface area contributed by atoms with Gasteiger partial charge in [0, 0.05) is 24.4 Å². The van der Waals surface area contributed by atoms with Crippen LogP contribution >= 0.6 is 11.3 Å². The number of aryl methyl sites for hydroxylation is 1. The average molecular weight is 568 g/mol. The van der Waals surface area contributed by atoms with Crippen molar-refractivity contribution in [3.63, 3.8) is 0 Å². The lowest BCUT2D eigenvalue weighted by Gasteiger charge is -2.25. The van der Waals surface area contributed by atoms with Gasteiger partial charge in [-0.2, -0.15) is 18.3 Å². The number of halogens is 5. The van der Waals surface area contributed by atoms with Crippen molar-refractivity contribution < 1.29 is 31.5 Å². The summed E-state index contributed by atoms with van der Waals surface area (Å²) in [4.78, 5) is 31.5. The highest BCUT2D eigenvalue weighted by Crippen LogP contribution is 2.42. The third-order valence-corrected chi connectivity index (χ3v) is 8.02. The van der Waals surface area contributed by atoms with Gasteiger partial charge in [-0.3, -0.25) is 9.59 Å². The molecule has 1 aliphatic carbocycles. The van der Waals surface area contributed by atoms with E-state index in [2.05, 4.69) is 15.4 Å². The zero-order chi connectivity index (χ0) is 27.9. The molecule has 1 amide bonds. The lowest BCUT2D eigenvalue weighted by molar-refractivity contribution is -0.172. The summed E-state index contributed by atoms with van der Waals surface area (Å²) in [5.74, 6) is -3.55. The predicted molar refractivity (Wildman–Crippen MR) is 136 cm³/mol. The van der Waals surface area contributed by atoms with Crippen LogP contribution in [0.4, 0.5) is 33.5 Å². The Morgan fingerprint density at radius 3 is 2.49 bits per heavy atom. The molecule has 1 atom stereocenters. The highest BCUT2D eigenvalue weighted by Gasteiger charge is 2.39. The van der Waals surface area contributed by atoms with E-state index in [0.29, 0.717) is 48.7 Å². The Morgan fingerprint density at radius 1 is 1.10 bits per heavy atom. The van der Waals surface area contributed by atoms with Crippen LogP contribution in [0.5, 0.6) is 0 Å². The standard InChI is InChI=1S/C26H26F5N5O2S/c1-14-22(34-24(39-14)21-17(27)5-2-6-18(21)28)23(38)33-19-13-32-36(16-7-8-16)25(19)35-10-3-4-15(9-11-35)12-20(37)26(29,30)31/h2,5-6,13,15-16H,3-4,7-12H2,1H3,(H,33,38)/t15-/m1/s1. The molecular formula is C26H26F5N5O2S. The number of Topliss-reactive ketones (excluding diaryl/α,β-unsaturated/α-hetero) is 1. The van der Waals surface area contributed by atoms with Gasteiger partial charge in [-0.05, 0) is 57.1 Å². The third kappa shape index (κ3) is 5.82. The number of aromatic nitrogens is 3. The number of hydrogen-bond donors (Lipinski definition) is 1. The summed E-state index contributed by atoms with van der Waals surface area (Å²) in [6.45, 7) is 2.58. The Kier molecular flexibility index (Phi) is 7.45. The summed E-state index contributed by atoms with van der Waals surface area (Å²) < 4.78 is 68.8. The molecule has 1 saturated heterocycles. The van der Waals surface area contributed by atoms with Crippen LogP contribution in [0.3, 0.4) is 0 Å². The van der Waals surface area contributed by atoms with Crippen LogP contribution in [-0.4, -0.2) is 45.7 Å². The third-order valence-electron chi connectivity index (χ3n) is 7.04. The first-order chi connectivity index (χ1) is 18.5. The number of anilines is 2. The van der Waals surface area contributed by atoms with Gasteiger partial charge in [0.25, 0.3) is 5.91 Å². The number of nitrogens with zero attached hydrogens (tertiary/aromatic N) is 4. The van der Waals surface area contributed by atoms with Gasteiger partial charge < -0.3 is 10.2 Å². The smallest absolute Gasteiger partial charge is 0.355 e. The molecule has 1 aliphatic heterocycles. The quantitative estimate of drug-likeness (QED) is 0.339. The van der Waals surface area contributed by atoms with E-state index in [9.17, 15) is 31.5 Å². The molecule has 0 spiro atoms. The van der Waals surface area contributed by atoms with Crippen molar-refractivity contribution in [3.8, 4) is 10.6 Å². The van der Waals surface area contributed by atoms with E-state index in [4.69, 9.17) is 0 Å². The average Bonchev–Trinajstić information content (AvgIpc) is 3.58. The number of alkyl halides is 3. The van der Waals surface area contributed by atoms with Gasteiger partial charge in [0.2, 0.25) is 5.78 Å². The summed E-state index contributed by atoms with van der Waals surface area (Å²) >= 11 is 1.01. The molecule has 5 rings (SSSR count). The lowest BCUT2D eigenvalue weighted by atomic mass is 9.94. The van der Waals surface area contributed by atoms with Crippen LogP contribution in [0.2, 0.25) is 0 Å². The Labute approximate surface area is 225 Å². The first-order valence-electron chi connectivity index (χ1n) is 12.7. The number of benzene rings is 1. The molecule has 3 heterocycles. The fourth-order valence-electron chi connectivity index (χ4n) is 4.90. The minimum absolute atomic E-state index is 0.0318. The second-order valence-corrected chi connectivity index (χ2v) is 11.1. The lowest BCUT2D eigenvalue weighted by Crippen LogP contribution is -2.29. The van der Waals surface area contributed by atoms with Gasteiger partial charge in [-0.25, -0.2) is 18.4 Å². The minimum atomic E-state index is -4.83. The van der Waals surface area contributed by atoms with E-state index in [1.807, 2.05) is 9.58 Å². The molecule has 1 aromatic carbocycles. The van der Waals surface area contributed by atoms with Crippen molar-refractivity contribution in [2.45, 2.75) is 57.7 Å². The van der Waals surface area contributed by atoms with Crippen LogP contribution in [0.1, 0.15) is 59.9 Å². The van der Waals surface area contributed by atoms with Crippen LogP contribution in [0, 0.1) is 24.5 Å². The van der Waals surface area contributed by atoms with E-state index >= 15 is 0 Å². The summed E-state index contributed by atoms with van der Waals surface area (Å²) in [6.07, 6.45) is -0.528. The first-order valence-corrected chi connectivity index (χ1v) is 13.5. The summed E-state index contributed by atoms with van der Waals surface area (Å²) in [5.41, 5.74) is 0.155. The Balaban J connectivity index is 1.36. The van der Waals surface area contributed by atoms with E-state index in [1.165, 1.54) is 12.3 Å². The molecule has 7 nitrogen and oxygen atoms in total. The number of nitrogens with one attached hydrogen (secondary N) is 1. The van der Waals surface area contributed by atoms with E-state index < -0.39 is 35.9 Å². The highest BCUT2D eigenvalue weighted by atomic mass is 32.1. The molecule has 39 heavy (non-hydrogen) atoms. The molecule has 208 valence electrons. The largest absolute Gasteiger partial charge is 0.449 e.